The van der Waals surface area contributed by atoms with Crippen LogP contribution in [0.1, 0.15) is 23.2 Å². The summed E-state index contributed by atoms with van der Waals surface area (Å²) in [4.78, 5) is 12.9. The summed E-state index contributed by atoms with van der Waals surface area (Å²) >= 11 is 18.1. The highest BCUT2D eigenvalue weighted by atomic mass is 35.5. The van der Waals surface area contributed by atoms with Crippen molar-refractivity contribution in [1.29, 1.82) is 0 Å². The Balaban J connectivity index is 1.81. The molecule has 1 aromatic heterocycles. The molecule has 3 aromatic carbocycles. The summed E-state index contributed by atoms with van der Waals surface area (Å²) in [6.07, 6.45) is 0. The zero-order chi connectivity index (χ0) is 24.9. The molecule has 10 heteroatoms. The highest BCUT2D eigenvalue weighted by molar-refractivity contribution is 7.92. The zero-order valence-corrected chi connectivity index (χ0v) is 20.9. The van der Waals surface area contributed by atoms with E-state index in [0.29, 0.717) is 21.2 Å². The molecule has 35 heavy (non-hydrogen) atoms. The summed E-state index contributed by atoms with van der Waals surface area (Å²) in [6, 6.07) is 19.7. The number of sulfonamides is 1. The Morgan fingerprint density at radius 2 is 1.31 bits per heavy atom. The molecule has 0 saturated carbocycles. The lowest BCUT2D eigenvalue weighted by atomic mass is 9.94. The molecule has 2 heterocycles. The van der Waals surface area contributed by atoms with Crippen molar-refractivity contribution in [1.82, 2.24) is 4.57 Å². The number of rotatable bonds is 4. The largest absolute Gasteiger partial charge is 0.284 e. The molecule has 0 spiro atoms. The number of fused-ring (bicyclic) bond motifs is 1. The van der Waals surface area contributed by atoms with Gasteiger partial charge in [0.05, 0.1) is 22.0 Å². The summed E-state index contributed by atoms with van der Waals surface area (Å²) in [6.45, 7) is 0. The first-order valence-corrected chi connectivity index (χ1v) is 13.0. The van der Waals surface area contributed by atoms with Crippen molar-refractivity contribution in [2.24, 2.45) is 0 Å². The Kier molecular flexibility index (Phi) is 6.13. The average molecular weight is 550 g/mol. The summed E-state index contributed by atoms with van der Waals surface area (Å²) in [5.41, 5.74) is 0.907. The molecule has 0 N–H and O–H groups in total. The van der Waals surface area contributed by atoms with Gasteiger partial charge in [-0.3, -0.25) is 9.36 Å². The second-order valence-corrected chi connectivity index (χ2v) is 11.1. The first-order valence-electron chi connectivity index (χ1n) is 10.4. The summed E-state index contributed by atoms with van der Waals surface area (Å²) in [5, 5.41) is 0.651. The van der Waals surface area contributed by atoms with Gasteiger partial charge in [0.1, 0.15) is 11.6 Å². The van der Waals surface area contributed by atoms with Gasteiger partial charge in [-0.25, -0.2) is 17.1 Å². The maximum atomic E-state index is 14.0. The van der Waals surface area contributed by atoms with E-state index in [1.54, 1.807) is 54.6 Å². The van der Waals surface area contributed by atoms with Gasteiger partial charge in [-0.1, -0.05) is 65.1 Å². The second kappa shape index (κ2) is 8.99. The van der Waals surface area contributed by atoms with E-state index in [2.05, 4.69) is 0 Å². The number of aromatic nitrogens is 1. The minimum atomic E-state index is -4.30. The van der Waals surface area contributed by atoms with Gasteiger partial charge in [-0.2, -0.15) is 0 Å². The van der Waals surface area contributed by atoms with E-state index in [1.807, 2.05) is 0 Å². The standard InChI is InChI=1S/C25H16Cl3FN2O3S/c26-17-8-4-15(5-9-17)24-25(16-6-10-18(27)11-7-16)31(22-2-1-3-23(32)30(22)24)35(33,34)19-12-13-21(29)20(28)14-19/h1-14,24-25H. The molecule has 5 rings (SSSR count). The molecule has 0 aliphatic carbocycles. The molecule has 1 aliphatic rings. The summed E-state index contributed by atoms with van der Waals surface area (Å²) < 4.78 is 44.5. The normalized spacial score (nSPS) is 17.4. The van der Waals surface area contributed by atoms with E-state index in [1.165, 1.54) is 21.0 Å². The lowest BCUT2D eigenvalue weighted by molar-refractivity contribution is 0.529. The third-order valence-electron chi connectivity index (χ3n) is 5.89. The van der Waals surface area contributed by atoms with E-state index in [0.717, 1.165) is 18.2 Å². The molecule has 1 aliphatic heterocycles. The molecule has 0 saturated heterocycles. The van der Waals surface area contributed by atoms with Gasteiger partial charge < -0.3 is 0 Å². The quantitative estimate of drug-likeness (QED) is 0.292. The fourth-order valence-electron chi connectivity index (χ4n) is 4.35. The van der Waals surface area contributed by atoms with Crippen LogP contribution in [0.4, 0.5) is 10.2 Å². The predicted molar refractivity (Wildman–Crippen MR) is 136 cm³/mol. The maximum absolute atomic E-state index is 14.0. The molecule has 0 amide bonds. The predicted octanol–water partition coefficient (Wildman–Crippen LogP) is 6.49. The highest BCUT2D eigenvalue weighted by Gasteiger charge is 2.47. The van der Waals surface area contributed by atoms with Gasteiger partial charge in [0.25, 0.3) is 15.6 Å². The van der Waals surface area contributed by atoms with Crippen LogP contribution in [-0.2, 0) is 10.0 Å². The third kappa shape index (κ3) is 4.12. The van der Waals surface area contributed by atoms with Crippen LogP contribution in [0.15, 0.2) is 94.6 Å². The van der Waals surface area contributed by atoms with Crippen molar-refractivity contribution < 1.29 is 12.8 Å². The van der Waals surface area contributed by atoms with Crippen LogP contribution in [0, 0.1) is 5.82 Å². The fourth-order valence-corrected chi connectivity index (χ4v) is 6.52. The zero-order valence-electron chi connectivity index (χ0n) is 17.8. The van der Waals surface area contributed by atoms with Gasteiger partial charge in [-0.15, -0.1) is 0 Å². The highest BCUT2D eigenvalue weighted by Crippen LogP contribution is 2.49. The number of anilines is 1. The van der Waals surface area contributed by atoms with Crippen LogP contribution in [0.5, 0.6) is 0 Å². The summed E-state index contributed by atoms with van der Waals surface area (Å²) in [7, 11) is -4.30. The van der Waals surface area contributed by atoms with Crippen molar-refractivity contribution in [3.05, 3.63) is 127 Å². The molecule has 178 valence electrons. The fraction of sp³-hybridized carbons (Fsp3) is 0.0800. The first-order chi connectivity index (χ1) is 16.7. The maximum Gasteiger partial charge on any atom is 0.266 e. The Morgan fingerprint density at radius 1 is 0.743 bits per heavy atom. The van der Waals surface area contributed by atoms with E-state index in [-0.39, 0.29) is 21.3 Å². The number of hydrogen-bond donors (Lipinski definition) is 0. The summed E-state index contributed by atoms with van der Waals surface area (Å²) in [5.74, 6) is -0.574. The number of halogens is 4. The van der Waals surface area contributed by atoms with E-state index >= 15 is 0 Å². The molecule has 0 bridgehead atoms. The number of hydrogen-bond acceptors (Lipinski definition) is 3. The van der Waals surface area contributed by atoms with Gasteiger partial charge in [0, 0.05) is 16.1 Å². The van der Waals surface area contributed by atoms with Gasteiger partial charge in [0.2, 0.25) is 0 Å². The SMILES string of the molecule is O=c1cccc2n1C(c1ccc(Cl)cc1)C(c1ccc(Cl)cc1)N2S(=O)(=O)c1ccc(F)c(Cl)c1. The molecular weight excluding hydrogens is 534 g/mol. The van der Waals surface area contributed by atoms with Crippen molar-refractivity contribution in [2.45, 2.75) is 17.0 Å². The third-order valence-corrected chi connectivity index (χ3v) is 8.47. The monoisotopic (exact) mass is 548 g/mol. The Morgan fingerprint density at radius 3 is 1.89 bits per heavy atom. The van der Waals surface area contributed by atoms with Gasteiger partial charge >= 0.3 is 0 Å². The van der Waals surface area contributed by atoms with Crippen LogP contribution in [0.25, 0.3) is 0 Å². The smallest absolute Gasteiger partial charge is 0.266 e. The van der Waals surface area contributed by atoms with Crippen LogP contribution < -0.4 is 9.86 Å². The molecule has 4 aromatic rings. The molecule has 2 atom stereocenters. The molecule has 5 nitrogen and oxygen atoms in total. The van der Waals surface area contributed by atoms with Crippen molar-refractivity contribution in [2.75, 3.05) is 4.31 Å². The van der Waals surface area contributed by atoms with Gasteiger partial charge in [-0.05, 0) is 59.7 Å². The average Bonchev–Trinajstić information content (AvgIpc) is 3.19. The van der Waals surface area contributed by atoms with E-state index in [9.17, 15) is 17.6 Å². The second-order valence-electron chi connectivity index (χ2n) is 7.96. The van der Waals surface area contributed by atoms with Crippen molar-refractivity contribution in [3.8, 4) is 0 Å². The Hall–Kier alpha value is -2.84. The first kappa shape index (κ1) is 23.9. The number of pyridine rings is 1. The lowest BCUT2D eigenvalue weighted by Crippen LogP contribution is -2.33. The minimum Gasteiger partial charge on any atom is -0.284 e. The van der Waals surface area contributed by atoms with Crippen LogP contribution in [0.2, 0.25) is 15.1 Å². The number of benzene rings is 3. The van der Waals surface area contributed by atoms with Crippen molar-refractivity contribution in [3.63, 3.8) is 0 Å². The molecule has 2 unspecified atom stereocenters. The Bertz CT molecular complexity index is 1590. The van der Waals surface area contributed by atoms with Crippen LogP contribution >= 0.6 is 34.8 Å². The molecule has 0 fully saturated rings. The molecular formula is C25H16Cl3FN2O3S. The topological polar surface area (TPSA) is 59.4 Å². The van der Waals surface area contributed by atoms with Crippen molar-refractivity contribution >= 4 is 50.6 Å². The van der Waals surface area contributed by atoms with Crippen LogP contribution in [-0.4, -0.2) is 13.0 Å². The minimum absolute atomic E-state index is 0.165. The number of nitrogens with zero attached hydrogens (tertiary/aromatic N) is 2. The van der Waals surface area contributed by atoms with Gasteiger partial charge in [0.15, 0.2) is 0 Å². The van der Waals surface area contributed by atoms with Crippen LogP contribution in [0.3, 0.4) is 0 Å². The Labute approximate surface area is 216 Å². The van der Waals surface area contributed by atoms with E-state index in [4.69, 9.17) is 34.8 Å². The molecule has 0 radical (unpaired) electrons. The van der Waals surface area contributed by atoms with E-state index < -0.39 is 27.9 Å². The lowest BCUT2D eigenvalue weighted by Gasteiger charge is -2.29.